The molecule has 1 fully saturated rings. The summed E-state index contributed by atoms with van der Waals surface area (Å²) in [5.74, 6) is 2.03. The molecule has 1 heterocycles. The van der Waals surface area contributed by atoms with Gasteiger partial charge in [-0.3, -0.25) is 0 Å². The van der Waals surface area contributed by atoms with Crippen molar-refractivity contribution in [1.82, 2.24) is 9.97 Å². The van der Waals surface area contributed by atoms with Crippen LogP contribution in [0.4, 0.5) is 0 Å². The highest BCUT2D eigenvalue weighted by molar-refractivity contribution is 7.89. The van der Waals surface area contributed by atoms with Crippen molar-refractivity contribution in [3.8, 4) is 5.75 Å². The summed E-state index contributed by atoms with van der Waals surface area (Å²) in [7, 11) is -3.66. The van der Waals surface area contributed by atoms with E-state index in [-0.39, 0.29) is 10.3 Å². The summed E-state index contributed by atoms with van der Waals surface area (Å²) in [6.45, 7) is 6.77. The van der Waals surface area contributed by atoms with E-state index in [4.69, 9.17) is 9.88 Å². The van der Waals surface area contributed by atoms with Gasteiger partial charge in [-0.05, 0) is 36.0 Å². The molecule has 1 aliphatic carbocycles. The zero-order valence-corrected chi connectivity index (χ0v) is 14.7. The van der Waals surface area contributed by atoms with Crippen molar-refractivity contribution in [3.05, 3.63) is 48.0 Å². The average Bonchev–Trinajstić information content (AvgIpc) is 3.07. The number of primary sulfonamides is 1. The lowest BCUT2D eigenvalue weighted by atomic mass is 10.0. The molecule has 7 heteroatoms. The third kappa shape index (κ3) is 3.27. The number of ether oxygens (including phenoxy) is 1. The van der Waals surface area contributed by atoms with E-state index < -0.39 is 10.0 Å². The molecule has 128 valence electrons. The Labute approximate surface area is 142 Å². The predicted octanol–water partition coefficient (Wildman–Crippen LogP) is 2.25. The number of hydrogen-bond donors (Lipinski definition) is 1. The normalized spacial score (nSPS) is 22.2. The molecule has 6 nitrogen and oxygen atoms in total. The number of aryl methyl sites for hydroxylation is 1. The van der Waals surface area contributed by atoms with E-state index >= 15 is 0 Å². The first-order valence-electron chi connectivity index (χ1n) is 7.74. The molecule has 3 rings (SSSR count). The van der Waals surface area contributed by atoms with Crippen molar-refractivity contribution in [2.75, 3.05) is 6.61 Å². The van der Waals surface area contributed by atoms with Gasteiger partial charge in [-0.1, -0.05) is 26.0 Å². The Hall–Kier alpha value is -1.99. The van der Waals surface area contributed by atoms with Crippen LogP contribution in [-0.4, -0.2) is 25.0 Å². The van der Waals surface area contributed by atoms with Crippen LogP contribution < -0.4 is 9.88 Å². The standard InChI is InChI=1S/C17H21N3O3S/c1-11-19-8-13(9-20-11)23-10-15-16(17(15,2)3)12-4-6-14(7-5-12)24(18,21)22/h4-9,15-16H,10H2,1-3H3,(H2,18,21,22)/t15-,16-/m0/s1. The van der Waals surface area contributed by atoms with Gasteiger partial charge in [0.05, 0.1) is 23.9 Å². The highest BCUT2D eigenvalue weighted by Gasteiger charge is 2.58. The maximum Gasteiger partial charge on any atom is 0.238 e. The Balaban J connectivity index is 1.69. The van der Waals surface area contributed by atoms with Gasteiger partial charge >= 0.3 is 0 Å². The third-order valence-corrected chi connectivity index (χ3v) is 5.73. The number of benzene rings is 1. The van der Waals surface area contributed by atoms with E-state index in [1.54, 1.807) is 24.5 Å². The van der Waals surface area contributed by atoms with Gasteiger partial charge in [0.15, 0.2) is 5.75 Å². The van der Waals surface area contributed by atoms with E-state index in [0.29, 0.717) is 30.0 Å². The molecule has 0 saturated heterocycles. The van der Waals surface area contributed by atoms with Crippen LogP contribution in [-0.2, 0) is 10.0 Å². The van der Waals surface area contributed by atoms with Gasteiger partial charge in [0.25, 0.3) is 0 Å². The minimum atomic E-state index is -3.66. The lowest BCUT2D eigenvalue weighted by Gasteiger charge is -2.06. The highest BCUT2D eigenvalue weighted by Crippen LogP contribution is 2.64. The Morgan fingerprint density at radius 1 is 1.17 bits per heavy atom. The van der Waals surface area contributed by atoms with E-state index in [1.807, 2.05) is 19.1 Å². The smallest absolute Gasteiger partial charge is 0.238 e. The van der Waals surface area contributed by atoms with Gasteiger partial charge in [-0.25, -0.2) is 23.5 Å². The van der Waals surface area contributed by atoms with Crippen molar-refractivity contribution in [2.45, 2.75) is 31.6 Å². The SMILES string of the molecule is Cc1ncc(OC[C@H]2[C@H](c3ccc(S(N)(=O)=O)cc3)C2(C)C)cn1. The Morgan fingerprint density at radius 2 is 1.75 bits per heavy atom. The van der Waals surface area contributed by atoms with E-state index in [1.165, 1.54) is 0 Å². The largest absolute Gasteiger partial charge is 0.490 e. The molecule has 0 amide bonds. The zero-order chi connectivity index (χ0) is 17.5. The summed E-state index contributed by atoms with van der Waals surface area (Å²) < 4.78 is 28.5. The monoisotopic (exact) mass is 347 g/mol. The van der Waals surface area contributed by atoms with E-state index in [2.05, 4.69) is 23.8 Å². The van der Waals surface area contributed by atoms with Crippen LogP contribution in [0.15, 0.2) is 41.6 Å². The summed E-state index contributed by atoms with van der Waals surface area (Å²) in [4.78, 5) is 8.37. The molecule has 2 atom stereocenters. The molecule has 1 aromatic carbocycles. The molecule has 1 aromatic heterocycles. The van der Waals surface area contributed by atoms with Gasteiger partial charge in [0, 0.05) is 5.92 Å². The van der Waals surface area contributed by atoms with Crippen molar-refractivity contribution in [3.63, 3.8) is 0 Å². The van der Waals surface area contributed by atoms with Gasteiger partial charge in [0.2, 0.25) is 10.0 Å². The van der Waals surface area contributed by atoms with Gasteiger partial charge in [-0.2, -0.15) is 0 Å². The summed E-state index contributed by atoms with van der Waals surface area (Å²) >= 11 is 0. The van der Waals surface area contributed by atoms with Crippen LogP contribution in [0.3, 0.4) is 0 Å². The molecule has 1 saturated carbocycles. The molecule has 24 heavy (non-hydrogen) atoms. The second-order valence-electron chi connectivity index (χ2n) is 6.80. The maximum atomic E-state index is 11.4. The van der Waals surface area contributed by atoms with Gasteiger partial charge in [-0.15, -0.1) is 0 Å². The van der Waals surface area contributed by atoms with Crippen LogP contribution >= 0.6 is 0 Å². The summed E-state index contributed by atoms with van der Waals surface area (Å²) in [6.07, 6.45) is 3.35. The van der Waals surface area contributed by atoms with E-state index in [9.17, 15) is 8.42 Å². The predicted molar refractivity (Wildman–Crippen MR) is 90.1 cm³/mol. The first-order chi connectivity index (χ1) is 11.2. The topological polar surface area (TPSA) is 95.2 Å². The molecular weight excluding hydrogens is 326 g/mol. The Bertz CT molecular complexity index is 830. The van der Waals surface area contributed by atoms with Gasteiger partial charge < -0.3 is 4.74 Å². The third-order valence-electron chi connectivity index (χ3n) is 4.81. The fourth-order valence-electron chi connectivity index (χ4n) is 3.22. The molecule has 1 aliphatic rings. The highest BCUT2D eigenvalue weighted by atomic mass is 32.2. The molecule has 0 unspecified atom stereocenters. The van der Waals surface area contributed by atoms with Crippen LogP contribution in [0.2, 0.25) is 0 Å². The number of sulfonamides is 1. The minimum Gasteiger partial charge on any atom is -0.490 e. The van der Waals surface area contributed by atoms with E-state index in [0.717, 1.165) is 5.56 Å². The van der Waals surface area contributed by atoms with Crippen LogP contribution in [0.1, 0.15) is 31.2 Å². The average molecular weight is 347 g/mol. The van der Waals surface area contributed by atoms with Crippen molar-refractivity contribution >= 4 is 10.0 Å². The van der Waals surface area contributed by atoms with Crippen LogP contribution in [0.25, 0.3) is 0 Å². The number of nitrogens with two attached hydrogens (primary N) is 1. The molecule has 2 N–H and O–H groups in total. The van der Waals surface area contributed by atoms with Crippen LogP contribution in [0.5, 0.6) is 5.75 Å². The zero-order valence-electron chi connectivity index (χ0n) is 13.9. The minimum absolute atomic E-state index is 0.0919. The molecular formula is C17H21N3O3S. The lowest BCUT2D eigenvalue weighted by molar-refractivity contribution is 0.276. The number of nitrogens with zero attached hydrogens (tertiary/aromatic N) is 2. The number of rotatable bonds is 5. The molecule has 0 aliphatic heterocycles. The first-order valence-corrected chi connectivity index (χ1v) is 9.28. The van der Waals surface area contributed by atoms with Crippen molar-refractivity contribution in [2.24, 2.45) is 16.5 Å². The second-order valence-corrected chi connectivity index (χ2v) is 8.36. The van der Waals surface area contributed by atoms with Crippen molar-refractivity contribution in [1.29, 1.82) is 0 Å². The second kappa shape index (κ2) is 5.82. The Morgan fingerprint density at radius 3 is 2.29 bits per heavy atom. The van der Waals surface area contributed by atoms with Gasteiger partial charge in [0.1, 0.15) is 5.82 Å². The summed E-state index contributed by atoms with van der Waals surface area (Å²) in [6, 6.07) is 6.79. The summed E-state index contributed by atoms with van der Waals surface area (Å²) in [5, 5.41) is 5.14. The molecule has 0 radical (unpaired) electrons. The summed E-state index contributed by atoms with van der Waals surface area (Å²) in [5.41, 5.74) is 1.19. The number of aromatic nitrogens is 2. The maximum absolute atomic E-state index is 11.4. The number of hydrogen-bond acceptors (Lipinski definition) is 5. The van der Waals surface area contributed by atoms with Crippen molar-refractivity contribution < 1.29 is 13.2 Å². The molecule has 2 aromatic rings. The fraction of sp³-hybridized carbons (Fsp3) is 0.412. The van der Waals surface area contributed by atoms with Crippen LogP contribution in [0, 0.1) is 18.3 Å². The Kier molecular flexibility index (Phi) is 4.09. The quantitative estimate of drug-likeness (QED) is 0.895. The molecule has 0 spiro atoms. The first kappa shape index (κ1) is 16.9. The lowest BCUT2D eigenvalue weighted by Crippen LogP contribution is -2.11. The fourth-order valence-corrected chi connectivity index (χ4v) is 3.74. The molecule has 0 bridgehead atoms.